The highest BCUT2D eigenvalue weighted by atomic mass is 19.4. The summed E-state index contributed by atoms with van der Waals surface area (Å²) in [6, 6.07) is 0.867. The fourth-order valence-electron chi connectivity index (χ4n) is 1.18. The van der Waals surface area contributed by atoms with Crippen molar-refractivity contribution >= 4 is 5.97 Å². The maximum Gasteiger partial charge on any atom is 0.573 e. The summed E-state index contributed by atoms with van der Waals surface area (Å²) in [5.74, 6) is -2.92. The Hall–Kier alpha value is -1.99. The van der Waals surface area contributed by atoms with E-state index >= 15 is 0 Å². The number of nitrogens with zero attached hydrogens (tertiary/aromatic N) is 1. The zero-order chi connectivity index (χ0) is 13.9. The van der Waals surface area contributed by atoms with Crippen LogP contribution >= 0.6 is 0 Å². The average molecular weight is 265 g/mol. The Morgan fingerprint density at radius 1 is 1.50 bits per heavy atom. The second-order valence-corrected chi connectivity index (χ2v) is 3.23. The summed E-state index contributed by atoms with van der Waals surface area (Å²) >= 11 is 0. The van der Waals surface area contributed by atoms with Gasteiger partial charge in [-0.1, -0.05) is 0 Å². The monoisotopic (exact) mass is 265 g/mol. The van der Waals surface area contributed by atoms with E-state index in [4.69, 9.17) is 0 Å². The van der Waals surface area contributed by atoms with Crippen LogP contribution in [0.15, 0.2) is 6.07 Å². The SMILES string of the molecule is CCOC(=O)c1nc(C)cc(OC(F)(F)F)c1O. The van der Waals surface area contributed by atoms with Crippen molar-refractivity contribution in [2.45, 2.75) is 20.2 Å². The van der Waals surface area contributed by atoms with Crippen LogP contribution in [0.2, 0.25) is 0 Å². The molecule has 5 nitrogen and oxygen atoms in total. The van der Waals surface area contributed by atoms with E-state index in [1.807, 2.05) is 0 Å². The number of aromatic hydroxyl groups is 1. The highest BCUT2D eigenvalue weighted by molar-refractivity contribution is 5.91. The summed E-state index contributed by atoms with van der Waals surface area (Å²) in [6.45, 7) is 2.87. The molecule has 1 heterocycles. The minimum Gasteiger partial charge on any atom is -0.503 e. The van der Waals surface area contributed by atoms with Gasteiger partial charge in [-0.05, 0) is 13.8 Å². The van der Waals surface area contributed by atoms with Crippen molar-refractivity contribution < 1.29 is 32.5 Å². The van der Waals surface area contributed by atoms with Gasteiger partial charge in [0.1, 0.15) is 0 Å². The summed E-state index contributed by atoms with van der Waals surface area (Å²) in [7, 11) is 0. The van der Waals surface area contributed by atoms with Crippen molar-refractivity contribution in [1.29, 1.82) is 0 Å². The van der Waals surface area contributed by atoms with Crippen LogP contribution in [0.5, 0.6) is 11.5 Å². The van der Waals surface area contributed by atoms with E-state index in [2.05, 4.69) is 14.5 Å². The maximum atomic E-state index is 12.1. The third-order valence-corrected chi connectivity index (χ3v) is 1.78. The Morgan fingerprint density at radius 2 is 2.11 bits per heavy atom. The zero-order valence-electron chi connectivity index (χ0n) is 9.54. The molecule has 100 valence electrons. The van der Waals surface area contributed by atoms with Crippen molar-refractivity contribution in [3.63, 3.8) is 0 Å². The predicted octanol–water partition coefficient (Wildman–Crippen LogP) is 2.17. The van der Waals surface area contributed by atoms with E-state index < -0.39 is 29.5 Å². The molecule has 0 amide bonds. The molecule has 0 atom stereocenters. The van der Waals surface area contributed by atoms with Crippen molar-refractivity contribution in [1.82, 2.24) is 4.98 Å². The first-order valence-corrected chi connectivity index (χ1v) is 4.88. The highest BCUT2D eigenvalue weighted by Crippen LogP contribution is 2.34. The highest BCUT2D eigenvalue weighted by Gasteiger charge is 2.34. The number of carbonyl (C=O) groups is 1. The van der Waals surface area contributed by atoms with Gasteiger partial charge in [-0.25, -0.2) is 9.78 Å². The van der Waals surface area contributed by atoms with E-state index in [0.29, 0.717) is 0 Å². The molecule has 0 saturated heterocycles. The van der Waals surface area contributed by atoms with Crippen LogP contribution in [-0.2, 0) is 4.74 Å². The van der Waals surface area contributed by atoms with Crippen LogP contribution < -0.4 is 4.74 Å². The van der Waals surface area contributed by atoms with Crippen LogP contribution in [0.3, 0.4) is 0 Å². The molecule has 1 aromatic heterocycles. The number of aryl methyl sites for hydroxylation is 1. The number of hydrogen-bond donors (Lipinski definition) is 1. The van der Waals surface area contributed by atoms with Crippen molar-refractivity contribution in [2.24, 2.45) is 0 Å². The Morgan fingerprint density at radius 3 is 2.61 bits per heavy atom. The van der Waals surface area contributed by atoms with Gasteiger partial charge in [-0.2, -0.15) is 0 Å². The molecule has 8 heteroatoms. The summed E-state index contributed by atoms with van der Waals surface area (Å²) < 4.78 is 44.3. The minimum atomic E-state index is -4.97. The molecule has 0 saturated carbocycles. The molecule has 0 radical (unpaired) electrons. The van der Waals surface area contributed by atoms with Crippen LogP contribution in [-0.4, -0.2) is 29.0 Å². The fraction of sp³-hybridized carbons (Fsp3) is 0.400. The van der Waals surface area contributed by atoms with E-state index in [1.54, 1.807) is 0 Å². The summed E-state index contributed by atoms with van der Waals surface area (Å²) in [5.41, 5.74) is -0.536. The van der Waals surface area contributed by atoms with Crippen molar-refractivity contribution in [2.75, 3.05) is 6.61 Å². The Balaban J connectivity index is 3.18. The molecule has 0 aliphatic rings. The number of carbonyl (C=O) groups excluding carboxylic acids is 1. The Labute approximate surface area is 100 Å². The third kappa shape index (κ3) is 3.51. The number of rotatable bonds is 3. The zero-order valence-corrected chi connectivity index (χ0v) is 9.54. The molecule has 0 bridgehead atoms. The second kappa shape index (κ2) is 5.11. The second-order valence-electron chi connectivity index (χ2n) is 3.23. The summed E-state index contributed by atoms with van der Waals surface area (Å²) in [4.78, 5) is 15.0. The summed E-state index contributed by atoms with van der Waals surface area (Å²) in [5, 5.41) is 9.49. The fourth-order valence-corrected chi connectivity index (χ4v) is 1.18. The molecule has 0 spiro atoms. The van der Waals surface area contributed by atoms with Gasteiger partial charge in [0.2, 0.25) is 0 Å². The first-order valence-electron chi connectivity index (χ1n) is 4.88. The van der Waals surface area contributed by atoms with E-state index in [-0.39, 0.29) is 12.3 Å². The number of esters is 1. The molecule has 0 aliphatic heterocycles. The lowest BCUT2D eigenvalue weighted by Gasteiger charge is -2.12. The van der Waals surface area contributed by atoms with Gasteiger partial charge in [0.15, 0.2) is 17.2 Å². The summed E-state index contributed by atoms with van der Waals surface area (Å²) in [6.07, 6.45) is -4.97. The molecule has 0 unspecified atom stereocenters. The Kier molecular flexibility index (Phi) is 4.00. The number of halogens is 3. The largest absolute Gasteiger partial charge is 0.573 e. The van der Waals surface area contributed by atoms with Gasteiger partial charge in [-0.15, -0.1) is 13.2 Å². The number of pyridine rings is 1. The smallest absolute Gasteiger partial charge is 0.503 e. The normalized spacial score (nSPS) is 11.2. The standard InChI is InChI=1S/C10H10F3NO4/c1-3-17-9(16)7-8(15)6(4-5(2)14-7)18-10(11,12)13/h4,15H,3H2,1-2H3. The molecule has 1 aromatic rings. The number of alkyl halides is 3. The van der Waals surface area contributed by atoms with E-state index in [9.17, 15) is 23.1 Å². The van der Waals surface area contributed by atoms with Gasteiger partial charge in [0.25, 0.3) is 0 Å². The minimum absolute atomic E-state index is 0.00333. The van der Waals surface area contributed by atoms with E-state index in [0.717, 1.165) is 6.07 Å². The molecule has 1 rings (SSSR count). The number of ether oxygens (including phenoxy) is 2. The predicted molar refractivity (Wildman–Crippen MR) is 53.3 cm³/mol. The van der Waals surface area contributed by atoms with Crippen LogP contribution in [0.1, 0.15) is 23.1 Å². The lowest BCUT2D eigenvalue weighted by molar-refractivity contribution is -0.275. The van der Waals surface area contributed by atoms with Crippen LogP contribution in [0.25, 0.3) is 0 Å². The molecule has 0 fully saturated rings. The van der Waals surface area contributed by atoms with E-state index in [1.165, 1.54) is 13.8 Å². The topological polar surface area (TPSA) is 68.7 Å². The van der Waals surface area contributed by atoms with Gasteiger partial charge in [-0.3, -0.25) is 0 Å². The molecular weight excluding hydrogens is 255 g/mol. The van der Waals surface area contributed by atoms with Crippen LogP contribution in [0, 0.1) is 6.92 Å². The maximum absolute atomic E-state index is 12.1. The molecule has 1 N–H and O–H groups in total. The van der Waals surface area contributed by atoms with Crippen molar-refractivity contribution in [3.8, 4) is 11.5 Å². The molecular formula is C10H10F3NO4. The first-order chi connectivity index (χ1) is 8.24. The van der Waals surface area contributed by atoms with Gasteiger partial charge >= 0.3 is 12.3 Å². The Bertz CT molecular complexity index is 459. The number of aromatic nitrogens is 1. The molecule has 0 aliphatic carbocycles. The van der Waals surface area contributed by atoms with Gasteiger partial charge < -0.3 is 14.6 Å². The number of hydrogen-bond acceptors (Lipinski definition) is 5. The average Bonchev–Trinajstić information content (AvgIpc) is 2.21. The van der Waals surface area contributed by atoms with Crippen LogP contribution in [0.4, 0.5) is 13.2 Å². The van der Waals surface area contributed by atoms with Crippen molar-refractivity contribution in [3.05, 3.63) is 17.5 Å². The lowest BCUT2D eigenvalue weighted by Crippen LogP contribution is -2.18. The van der Waals surface area contributed by atoms with Gasteiger partial charge in [0.05, 0.1) is 6.61 Å². The van der Waals surface area contributed by atoms with Gasteiger partial charge in [0, 0.05) is 11.8 Å². The lowest BCUT2D eigenvalue weighted by atomic mass is 10.2. The third-order valence-electron chi connectivity index (χ3n) is 1.78. The quantitative estimate of drug-likeness (QED) is 0.848. The first kappa shape index (κ1) is 14.1. The molecule has 0 aromatic carbocycles. The molecule has 18 heavy (non-hydrogen) atoms.